The van der Waals surface area contributed by atoms with E-state index in [0.29, 0.717) is 18.7 Å². The monoisotopic (exact) mass is 374 g/mol. The van der Waals surface area contributed by atoms with E-state index in [2.05, 4.69) is 4.72 Å². The Labute approximate surface area is 156 Å². The fourth-order valence-electron chi connectivity index (χ4n) is 2.67. The van der Waals surface area contributed by atoms with E-state index in [9.17, 15) is 13.2 Å². The van der Waals surface area contributed by atoms with E-state index in [0.717, 1.165) is 12.0 Å². The van der Waals surface area contributed by atoms with Gasteiger partial charge < -0.3 is 4.90 Å². The molecule has 0 saturated carbocycles. The van der Waals surface area contributed by atoms with E-state index < -0.39 is 10.0 Å². The zero-order valence-electron chi connectivity index (χ0n) is 15.5. The lowest BCUT2D eigenvalue weighted by molar-refractivity contribution is 0.0766. The molecule has 0 heterocycles. The minimum Gasteiger partial charge on any atom is -0.339 e. The number of hydrogen-bond donors (Lipinski definition) is 1. The number of nitrogens with zero attached hydrogens (tertiary/aromatic N) is 1. The van der Waals surface area contributed by atoms with Crippen molar-refractivity contribution in [2.75, 3.05) is 13.1 Å². The summed E-state index contributed by atoms with van der Waals surface area (Å²) in [4.78, 5) is 14.6. The molecule has 0 fully saturated rings. The van der Waals surface area contributed by atoms with Crippen LogP contribution < -0.4 is 4.72 Å². The number of carbonyl (C=O) groups excluding carboxylic acids is 1. The molecular weight excluding hydrogens is 348 g/mol. The quantitative estimate of drug-likeness (QED) is 0.772. The molecule has 0 atom stereocenters. The van der Waals surface area contributed by atoms with Crippen molar-refractivity contribution in [2.45, 2.75) is 38.1 Å². The molecule has 0 aliphatic carbocycles. The van der Waals surface area contributed by atoms with Crippen molar-refractivity contribution in [3.05, 3.63) is 65.7 Å². The first-order chi connectivity index (χ1) is 12.3. The molecule has 0 bridgehead atoms. The molecule has 0 aliphatic heterocycles. The van der Waals surface area contributed by atoms with Crippen molar-refractivity contribution in [1.29, 1.82) is 0 Å². The predicted molar refractivity (Wildman–Crippen MR) is 104 cm³/mol. The number of likely N-dealkylation sites (N-methyl/N-ethyl adjacent to an activating group) is 1. The summed E-state index contributed by atoms with van der Waals surface area (Å²) in [6.07, 6.45) is 0.757. The molecule has 140 valence electrons. The van der Waals surface area contributed by atoms with Gasteiger partial charge in [0.2, 0.25) is 10.0 Å². The third-order valence-corrected chi connectivity index (χ3v) is 5.62. The molecule has 0 saturated heterocycles. The number of hydrogen-bond acceptors (Lipinski definition) is 3. The van der Waals surface area contributed by atoms with E-state index in [-0.39, 0.29) is 16.8 Å². The highest BCUT2D eigenvalue weighted by atomic mass is 32.2. The molecule has 0 radical (unpaired) electrons. The highest BCUT2D eigenvalue weighted by Gasteiger charge is 2.19. The predicted octanol–water partition coefficient (Wildman–Crippen LogP) is 3.08. The summed E-state index contributed by atoms with van der Waals surface area (Å²) in [7, 11) is -3.62. The van der Waals surface area contributed by atoms with Gasteiger partial charge in [-0.3, -0.25) is 4.79 Å². The van der Waals surface area contributed by atoms with Gasteiger partial charge >= 0.3 is 0 Å². The molecule has 0 aliphatic rings. The molecule has 0 unspecified atom stereocenters. The molecule has 0 aromatic heterocycles. The van der Waals surface area contributed by atoms with Crippen molar-refractivity contribution in [3.8, 4) is 0 Å². The van der Waals surface area contributed by atoms with Crippen LogP contribution in [0.1, 0.15) is 36.7 Å². The number of rotatable bonds is 8. The Morgan fingerprint density at radius 2 is 1.77 bits per heavy atom. The molecule has 5 nitrogen and oxygen atoms in total. The smallest absolute Gasteiger partial charge is 0.253 e. The van der Waals surface area contributed by atoms with Crippen LogP contribution in [0.5, 0.6) is 0 Å². The summed E-state index contributed by atoms with van der Waals surface area (Å²) in [6, 6.07) is 16.0. The lowest BCUT2D eigenvalue weighted by Gasteiger charge is -2.21. The maximum Gasteiger partial charge on any atom is 0.253 e. The Morgan fingerprint density at radius 1 is 1.08 bits per heavy atom. The van der Waals surface area contributed by atoms with Crippen molar-refractivity contribution >= 4 is 15.9 Å². The largest absolute Gasteiger partial charge is 0.339 e. The highest BCUT2D eigenvalue weighted by molar-refractivity contribution is 7.89. The summed E-state index contributed by atoms with van der Waals surface area (Å²) in [5.41, 5.74) is 1.54. The molecule has 2 aromatic carbocycles. The van der Waals surface area contributed by atoms with Gasteiger partial charge in [-0.05, 0) is 51.0 Å². The van der Waals surface area contributed by atoms with Crippen molar-refractivity contribution in [1.82, 2.24) is 9.62 Å². The van der Waals surface area contributed by atoms with Crippen LogP contribution in [0.15, 0.2) is 59.5 Å². The standard InChI is InChI=1S/C20H26N2O3S/c1-4-22(14-13-17-9-6-5-7-10-17)20(23)18-11-8-12-19(15-18)26(24,25)21-16(2)3/h5-12,15-16,21H,4,13-14H2,1-3H3. The second-order valence-electron chi connectivity index (χ2n) is 6.42. The lowest BCUT2D eigenvalue weighted by Crippen LogP contribution is -2.33. The van der Waals surface area contributed by atoms with Gasteiger partial charge in [-0.25, -0.2) is 13.1 Å². The number of amides is 1. The second-order valence-corrected chi connectivity index (χ2v) is 8.14. The van der Waals surface area contributed by atoms with Crippen LogP contribution in [0.4, 0.5) is 0 Å². The van der Waals surface area contributed by atoms with Gasteiger partial charge in [-0.15, -0.1) is 0 Å². The molecule has 26 heavy (non-hydrogen) atoms. The van der Waals surface area contributed by atoms with E-state index in [1.807, 2.05) is 37.3 Å². The Balaban J connectivity index is 2.15. The molecular formula is C20H26N2O3S. The topological polar surface area (TPSA) is 66.5 Å². The van der Waals surface area contributed by atoms with Crippen molar-refractivity contribution in [3.63, 3.8) is 0 Å². The van der Waals surface area contributed by atoms with E-state index in [4.69, 9.17) is 0 Å². The van der Waals surface area contributed by atoms with Crippen LogP contribution in [-0.2, 0) is 16.4 Å². The number of sulfonamides is 1. The van der Waals surface area contributed by atoms with E-state index in [1.54, 1.807) is 30.9 Å². The van der Waals surface area contributed by atoms with Gasteiger partial charge in [-0.2, -0.15) is 0 Å². The van der Waals surface area contributed by atoms with E-state index >= 15 is 0 Å². The number of benzene rings is 2. The highest BCUT2D eigenvalue weighted by Crippen LogP contribution is 2.14. The SMILES string of the molecule is CCN(CCc1ccccc1)C(=O)c1cccc(S(=O)(=O)NC(C)C)c1. The minimum absolute atomic E-state index is 0.108. The summed E-state index contributed by atoms with van der Waals surface area (Å²) in [5.74, 6) is -0.162. The molecule has 1 N–H and O–H groups in total. The third kappa shape index (κ3) is 5.41. The van der Waals surface area contributed by atoms with Gasteiger partial charge in [0.15, 0.2) is 0 Å². The summed E-state index contributed by atoms with van der Waals surface area (Å²) < 4.78 is 27.2. The van der Waals surface area contributed by atoms with Crippen molar-refractivity contribution in [2.24, 2.45) is 0 Å². The van der Waals surface area contributed by atoms with Crippen LogP contribution in [0.3, 0.4) is 0 Å². The Kier molecular flexibility index (Phi) is 6.94. The number of nitrogens with one attached hydrogen (secondary N) is 1. The fourth-order valence-corrected chi connectivity index (χ4v) is 3.97. The second kappa shape index (κ2) is 8.96. The third-order valence-electron chi connectivity index (χ3n) is 3.96. The fraction of sp³-hybridized carbons (Fsp3) is 0.350. The minimum atomic E-state index is -3.62. The van der Waals surface area contributed by atoms with Gasteiger partial charge in [0.25, 0.3) is 5.91 Å². The van der Waals surface area contributed by atoms with E-state index in [1.165, 1.54) is 12.1 Å². The molecule has 0 spiro atoms. The molecule has 6 heteroatoms. The number of carbonyl (C=O) groups is 1. The zero-order valence-corrected chi connectivity index (χ0v) is 16.3. The van der Waals surface area contributed by atoms with Crippen LogP contribution in [0, 0.1) is 0 Å². The van der Waals surface area contributed by atoms with Crippen LogP contribution in [-0.4, -0.2) is 38.4 Å². The zero-order chi connectivity index (χ0) is 19.2. The Hall–Kier alpha value is -2.18. The van der Waals surface area contributed by atoms with Crippen LogP contribution in [0.2, 0.25) is 0 Å². The maximum absolute atomic E-state index is 12.8. The lowest BCUT2D eigenvalue weighted by atomic mass is 10.1. The summed E-state index contributed by atoms with van der Waals surface area (Å²) >= 11 is 0. The first kappa shape index (κ1) is 20.1. The van der Waals surface area contributed by atoms with Gasteiger partial charge in [0.1, 0.15) is 0 Å². The van der Waals surface area contributed by atoms with Crippen LogP contribution in [0.25, 0.3) is 0 Å². The average Bonchev–Trinajstić information content (AvgIpc) is 2.62. The molecule has 1 amide bonds. The summed E-state index contributed by atoms with van der Waals surface area (Å²) in [6.45, 7) is 6.58. The first-order valence-corrected chi connectivity index (χ1v) is 10.3. The average molecular weight is 375 g/mol. The van der Waals surface area contributed by atoms with Crippen LogP contribution >= 0.6 is 0 Å². The van der Waals surface area contributed by atoms with Gasteiger partial charge in [0.05, 0.1) is 4.90 Å². The Morgan fingerprint density at radius 3 is 2.38 bits per heavy atom. The summed E-state index contributed by atoms with van der Waals surface area (Å²) in [5, 5.41) is 0. The van der Waals surface area contributed by atoms with Crippen molar-refractivity contribution < 1.29 is 13.2 Å². The Bertz CT molecular complexity index is 833. The normalized spacial score (nSPS) is 11.5. The maximum atomic E-state index is 12.8. The van der Waals surface area contributed by atoms with Gasteiger partial charge in [-0.1, -0.05) is 36.4 Å². The molecule has 2 rings (SSSR count). The molecule has 2 aromatic rings. The van der Waals surface area contributed by atoms with Gasteiger partial charge in [0, 0.05) is 24.7 Å². The first-order valence-electron chi connectivity index (χ1n) is 8.79.